The number of carbonyl (C=O) groups excluding carboxylic acids is 1. The number of amides is 1. The van der Waals surface area contributed by atoms with Crippen LogP contribution < -0.4 is 10.7 Å². The highest BCUT2D eigenvalue weighted by molar-refractivity contribution is 6.08. The van der Waals surface area contributed by atoms with Gasteiger partial charge in [-0.25, -0.2) is 0 Å². The minimum atomic E-state index is -0.347. The highest BCUT2D eigenvalue weighted by Gasteiger charge is 2.24. The van der Waals surface area contributed by atoms with Gasteiger partial charge in [-0.3, -0.25) is 9.59 Å². The molecule has 32 heavy (non-hydrogen) atoms. The first-order chi connectivity index (χ1) is 15.5. The summed E-state index contributed by atoms with van der Waals surface area (Å²) in [5.74, 6) is 0.224. The van der Waals surface area contributed by atoms with Gasteiger partial charge in [0, 0.05) is 24.0 Å². The summed E-state index contributed by atoms with van der Waals surface area (Å²) in [6, 6.07) is 17.3. The zero-order chi connectivity index (χ0) is 22.7. The van der Waals surface area contributed by atoms with Crippen LogP contribution in [0.1, 0.15) is 59.3 Å². The lowest BCUT2D eigenvalue weighted by atomic mass is 9.88. The van der Waals surface area contributed by atoms with Crippen LogP contribution in [0.3, 0.4) is 0 Å². The van der Waals surface area contributed by atoms with Gasteiger partial charge in [-0.05, 0) is 62.3 Å². The third-order valence-electron chi connectivity index (χ3n) is 6.81. The van der Waals surface area contributed by atoms with Gasteiger partial charge >= 0.3 is 0 Å². The first kappa shape index (κ1) is 22.1. The number of anilines is 1. The number of carbonyl (C=O) groups is 1. The maximum absolute atomic E-state index is 13.5. The highest BCUT2D eigenvalue weighted by Crippen LogP contribution is 2.30. The zero-order valence-corrected chi connectivity index (χ0v) is 19.3. The van der Waals surface area contributed by atoms with Crippen LogP contribution in [-0.4, -0.2) is 10.5 Å². The van der Waals surface area contributed by atoms with Crippen molar-refractivity contribution in [3.63, 3.8) is 0 Å². The van der Waals surface area contributed by atoms with Gasteiger partial charge in [0.05, 0.1) is 5.69 Å². The molecule has 4 nitrogen and oxygen atoms in total. The molecule has 1 saturated carbocycles. The Hall–Kier alpha value is -3.14. The number of rotatable bonds is 5. The minimum absolute atomic E-state index is 0.221. The van der Waals surface area contributed by atoms with Gasteiger partial charge in [0.25, 0.3) is 5.91 Å². The van der Waals surface area contributed by atoms with Crippen molar-refractivity contribution in [3.8, 4) is 11.3 Å². The van der Waals surface area contributed by atoms with Crippen molar-refractivity contribution in [2.75, 3.05) is 5.32 Å². The molecule has 1 N–H and O–H groups in total. The lowest BCUT2D eigenvalue weighted by molar-refractivity contribution is 0.102. The van der Waals surface area contributed by atoms with Crippen LogP contribution >= 0.6 is 0 Å². The number of pyridine rings is 1. The number of nitrogens with zero attached hydrogens (tertiary/aromatic N) is 1. The molecular formula is C28H32N2O2. The molecular weight excluding hydrogens is 396 g/mol. The normalized spacial score (nSPS) is 14.3. The van der Waals surface area contributed by atoms with E-state index in [0.29, 0.717) is 5.92 Å². The fourth-order valence-electron chi connectivity index (χ4n) is 4.82. The number of hydrogen-bond acceptors (Lipinski definition) is 2. The average Bonchev–Trinajstić information content (AvgIpc) is 2.79. The molecule has 0 unspecified atom stereocenters. The van der Waals surface area contributed by atoms with E-state index in [1.165, 1.54) is 32.1 Å². The van der Waals surface area contributed by atoms with Gasteiger partial charge in [0.15, 0.2) is 5.43 Å². The summed E-state index contributed by atoms with van der Waals surface area (Å²) in [6.45, 7) is 6.81. The molecule has 1 fully saturated rings. The van der Waals surface area contributed by atoms with Gasteiger partial charge in [0.2, 0.25) is 0 Å². The van der Waals surface area contributed by atoms with E-state index < -0.39 is 0 Å². The predicted molar refractivity (Wildman–Crippen MR) is 131 cm³/mol. The molecule has 1 amide bonds. The molecule has 0 radical (unpaired) electrons. The van der Waals surface area contributed by atoms with E-state index in [-0.39, 0.29) is 16.9 Å². The Balaban J connectivity index is 1.83. The summed E-state index contributed by atoms with van der Waals surface area (Å²) in [7, 11) is 0. The fraction of sp³-hybridized carbons (Fsp3) is 0.357. The van der Waals surface area contributed by atoms with Crippen molar-refractivity contribution in [3.05, 3.63) is 87.2 Å². The minimum Gasteiger partial charge on any atom is -0.344 e. The molecule has 4 heteroatoms. The lowest BCUT2D eigenvalue weighted by Gasteiger charge is -2.27. The summed E-state index contributed by atoms with van der Waals surface area (Å²) < 4.78 is 2.20. The van der Waals surface area contributed by atoms with E-state index in [2.05, 4.69) is 9.88 Å². The lowest BCUT2D eigenvalue weighted by Crippen LogP contribution is -2.28. The Morgan fingerprint density at radius 2 is 1.69 bits per heavy atom. The molecule has 1 aliphatic carbocycles. The second-order valence-electron chi connectivity index (χ2n) is 9.06. The van der Waals surface area contributed by atoms with Crippen LogP contribution in [0.5, 0.6) is 0 Å². The molecule has 166 valence electrons. The Kier molecular flexibility index (Phi) is 6.59. The summed E-state index contributed by atoms with van der Waals surface area (Å²) in [6.07, 6.45) is 6.21. The molecule has 1 heterocycles. The largest absolute Gasteiger partial charge is 0.344 e. The van der Waals surface area contributed by atoms with Crippen molar-refractivity contribution in [1.82, 2.24) is 4.57 Å². The molecule has 1 aromatic heterocycles. The average molecular weight is 429 g/mol. The van der Waals surface area contributed by atoms with Gasteiger partial charge in [-0.15, -0.1) is 0 Å². The van der Waals surface area contributed by atoms with Crippen LogP contribution in [-0.2, 0) is 6.54 Å². The van der Waals surface area contributed by atoms with E-state index >= 15 is 0 Å². The Morgan fingerprint density at radius 1 is 0.969 bits per heavy atom. The number of benzene rings is 2. The first-order valence-corrected chi connectivity index (χ1v) is 11.6. The van der Waals surface area contributed by atoms with Gasteiger partial charge in [0.1, 0.15) is 5.56 Å². The number of aromatic nitrogens is 1. The number of aryl methyl sites for hydroxylation is 2. The Morgan fingerprint density at radius 3 is 2.41 bits per heavy atom. The molecule has 4 rings (SSSR count). The van der Waals surface area contributed by atoms with Gasteiger partial charge < -0.3 is 9.88 Å². The van der Waals surface area contributed by atoms with Gasteiger partial charge in [-0.2, -0.15) is 0 Å². The topological polar surface area (TPSA) is 51.1 Å². The number of nitrogens with one attached hydrogen (secondary N) is 1. The molecule has 0 aliphatic heterocycles. The van der Waals surface area contributed by atoms with Crippen molar-refractivity contribution >= 4 is 11.6 Å². The third-order valence-corrected chi connectivity index (χ3v) is 6.81. The van der Waals surface area contributed by atoms with E-state index in [1.54, 1.807) is 6.07 Å². The second-order valence-corrected chi connectivity index (χ2v) is 9.06. The monoisotopic (exact) mass is 428 g/mol. The summed E-state index contributed by atoms with van der Waals surface area (Å²) in [4.78, 5) is 26.7. The molecule has 0 saturated heterocycles. The summed E-state index contributed by atoms with van der Waals surface area (Å²) in [5, 5.41) is 3.02. The Labute approximate surface area is 190 Å². The third kappa shape index (κ3) is 4.55. The van der Waals surface area contributed by atoms with Crippen LogP contribution in [0.4, 0.5) is 5.69 Å². The fourth-order valence-corrected chi connectivity index (χ4v) is 4.82. The van der Waals surface area contributed by atoms with Crippen molar-refractivity contribution in [2.24, 2.45) is 5.92 Å². The van der Waals surface area contributed by atoms with Crippen molar-refractivity contribution in [2.45, 2.75) is 59.4 Å². The maximum Gasteiger partial charge on any atom is 0.261 e. The highest BCUT2D eigenvalue weighted by atomic mass is 16.2. The SMILES string of the molecule is Cc1cccc(NC(=O)c2c(-c3ccccc3)n(CC3CCCCC3)c(C)cc2=O)c1C. The van der Waals surface area contributed by atoms with E-state index in [9.17, 15) is 9.59 Å². The molecule has 0 atom stereocenters. The van der Waals surface area contributed by atoms with Crippen LogP contribution in [0.25, 0.3) is 11.3 Å². The van der Waals surface area contributed by atoms with Gasteiger partial charge in [-0.1, -0.05) is 61.7 Å². The standard InChI is InChI=1S/C28H32N2O2/c1-19-11-10-16-24(21(19)3)29-28(32)26-25(31)17-20(2)30(18-22-12-6-4-7-13-22)27(26)23-14-8-5-9-15-23/h5,8-11,14-17,22H,4,6-7,12-13,18H2,1-3H3,(H,29,32). The van der Waals surface area contributed by atoms with Crippen molar-refractivity contribution in [1.29, 1.82) is 0 Å². The van der Waals surface area contributed by atoms with Crippen molar-refractivity contribution < 1.29 is 4.79 Å². The quantitative estimate of drug-likeness (QED) is 0.520. The van der Waals surface area contributed by atoms with Crippen LogP contribution in [0.15, 0.2) is 59.4 Å². The molecule has 0 bridgehead atoms. The summed E-state index contributed by atoms with van der Waals surface area (Å²) in [5.41, 5.74) is 5.37. The van der Waals surface area contributed by atoms with E-state index in [1.807, 2.05) is 69.3 Å². The van der Waals surface area contributed by atoms with E-state index in [0.717, 1.165) is 40.3 Å². The zero-order valence-electron chi connectivity index (χ0n) is 19.3. The Bertz CT molecular complexity index is 1170. The first-order valence-electron chi connectivity index (χ1n) is 11.6. The smallest absolute Gasteiger partial charge is 0.261 e. The van der Waals surface area contributed by atoms with Crippen LogP contribution in [0.2, 0.25) is 0 Å². The molecule has 3 aromatic rings. The second kappa shape index (κ2) is 9.56. The van der Waals surface area contributed by atoms with Crippen LogP contribution in [0, 0.1) is 26.7 Å². The maximum atomic E-state index is 13.5. The predicted octanol–water partition coefficient (Wildman–Crippen LogP) is 6.27. The van der Waals surface area contributed by atoms with E-state index in [4.69, 9.17) is 0 Å². The number of hydrogen-bond donors (Lipinski definition) is 1. The molecule has 0 spiro atoms. The molecule has 2 aromatic carbocycles. The summed E-state index contributed by atoms with van der Waals surface area (Å²) >= 11 is 0. The molecule has 1 aliphatic rings.